The quantitative estimate of drug-likeness (QED) is 0.716. The maximum Gasteiger partial charge on any atom is 0.214 e. The van der Waals surface area contributed by atoms with Crippen LogP contribution in [0.25, 0.3) is 0 Å². The molecule has 0 radical (unpaired) electrons. The topological polar surface area (TPSA) is 52.7 Å². The minimum absolute atomic E-state index is 0.0789. The van der Waals surface area contributed by atoms with Gasteiger partial charge in [0.05, 0.1) is 5.75 Å². The van der Waals surface area contributed by atoms with Crippen molar-refractivity contribution in [1.82, 2.24) is 14.5 Å². The van der Waals surface area contributed by atoms with E-state index in [1.165, 1.54) is 0 Å². The van der Waals surface area contributed by atoms with Crippen molar-refractivity contribution in [3.05, 3.63) is 0 Å². The fourth-order valence-corrected chi connectivity index (χ4v) is 4.06. The van der Waals surface area contributed by atoms with E-state index in [1.54, 1.807) is 4.31 Å². The molecule has 0 aromatic rings. The zero-order valence-corrected chi connectivity index (χ0v) is 14.5. The number of hydrogen-bond acceptors (Lipinski definition) is 4. The molecular formula is C14H31N3O2S. The molecule has 0 unspecified atom stereocenters. The molecule has 1 N–H and O–H groups in total. The van der Waals surface area contributed by atoms with Crippen molar-refractivity contribution in [2.45, 2.75) is 52.1 Å². The largest absolute Gasteiger partial charge is 0.315 e. The molecule has 120 valence electrons. The second kappa shape index (κ2) is 7.20. The predicted molar refractivity (Wildman–Crippen MR) is 84.4 cm³/mol. The zero-order valence-electron chi connectivity index (χ0n) is 13.6. The van der Waals surface area contributed by atoms with Gasteiger partial charge >= 0.3 is 0 Å². The summed E-state index contributed by atoms with van der Waals surface area (Å²) in [5.74, 6) is 0.270. The van der Waals surface area contributed by atoms with E-state index in [4.69, 9.17) is 0 Å². The molecule has 0 aromatic carbocycles. The lowest BCUT2D eigenvalue weighted by molar-refractivity contribution is 0.0801. The zero-order chi connectivity index (χ0) is 15.4. The lowest BCUT2D eigenvalue weighted by Crippen LogP contribution is -2.59. The monoisotopic (exact) mass is 305 g/mol. The van der Waals surface area contributed by atoms with Crippen molar-refractivity contribution in [2.75, 3.05) is 39.0 Å². The van der Waals surface area contributed by atoms with Crippen molar-refractivity contribution in [3.63, 3.8) is 0 Å². The molecule has 0 spiro atoms. The van der Waals surface area contributed by atoms with Gasteiger partial charge < -0.3 is 5.32 Å². The lowest BCUT2D eigenvalue weighted by atomic mass is 10.0. The van der Waals surface area contributed by atoms with Crippen LogP contribution in [-0.4, -0.2) is 68.2 Å². The van der Waals surface area contributed by atoms with Crippen LogP contribution in [0, 0.1) is 0 Å². The van der Waals surface area contributed by atoms with Gasteiger partial charge in [-0.1, -0.05) is 13.8 Å². The Bertz CT molecular complexity index is 393. The smallest absolute Gasteiger partial charge is 0.214 e. The van der Waals surface area contributed by atoms with Crippen molar-refractivity contribution in [2.24, 2.45) is 0 Å². The SMILES string of the molecule is CC(C)NCCCCS(=O)(=O)N1CCN(C)C(C)(C)C1. The molecule has 1 heterocycles. The summed E-state index contributed by atoms with van der Waals surface area (Å²) in [4.78, 5) is 2.23. The molecule has 20 heavy (non-hydrogen) atoms. The Morgan fingerprint density at radius 3 is 2.40 bits per heavy atom. The highest BCUT2D eigenvalue weighted by molar-refractivity contribution is 7.89. The highest BCUT2D eigenvalue weighted by Gasteiger charge is 2.36. The van der Waals surface area contributed by atoms with Gasteiger partial charge in [-0.3, -0.25) is 4.90 Å². The van der Waals surface area contributed by atoms with Crippen LogP contribution >= 0.6 is 0 Å². The van der Waals surface area contributed by atoms with Gasteiger partial charge in [0.15, 0.2) is 0 Å². The molecule has 0 aliphatic carbocycles. The average molecular weight is 305 g/mol. The van der Waals surface area contributed by atoms with E-state index in [0.717, 1.165) is 25.9 Å². The molecule has 6 heteroatoms. The number of hydrogen-bond donors (Lipinski definition) is 1. The van der Waals surface area contributed by atoms with Gasteiger partial charge in [-0.2, -0.15) is 4.31 Å². The standard InChI is InChI=1S/C14H31N3O2S/c1-13(2)15-8-6-7-11-20(18,19)17-10-9-16(5)14(3,4)12-17/h13,15H,6-12H2,1-5H3. The molecule has 0 bridgehead atoms. The Balaban J connectivity index is 2.41. The van der Waals surface area contributed by atoms with E-state index >= 15 is 0 Å². The number of sulfonamides is 1. The van der Waals surface area contributed by atoms with Crippen LogP contribution in [0.3, 0.4) is 0 Å². The molecule has 1 rings (SSSR count). The van der Waals surface area contributed by atoms with E-state index in [9.17, 15) is 8.42 Å². The first kappa shape index (κ1) is 17.9. The van der Waals surface area contributed by atoms with Gasteiger partial charge in [0, 0.05) is 31.2 Å². The normalized spacial score (nSPS) is 21.5. The number of likely N-dealkylation sites (N-methyl/N-ethyl adjacent to an activating group) is 1. The summed E-state index contributed by atoms with van der Waals surface area (Å²) in [6.07, 6.45) is 1.64. The molecular weight excluding hydrogens is 274 g/mol. The maximum absolute atomic E-state index is 12.4. The third-order valence-electron chi connectivity index (χ3n) is 4.06. The van der Waals surface area contributed by atoms with E-state index in [-0.39, 0.29) is 11.3 Å². The van der Waals surface area contributed by atoms with Crippen LogP contribution in [0.1, 0.15) is 40.5 Å². The van der Waals surface area contributed by atoms with Gasteiger partial charge in [0.2, 0.25) is 10.0 Å². The fourth-order valence-electron chi connectivity index (χ4n) is 2.36. The van der Waals surface area contributed by atoms with Crippen molar-refractivity contribution < 1.29 is 8.42 Å². The van der Waals surface area contributed by atoms with E-state index < -0.39 is 10.0 Å². The first-order valence-corrected chi connectivity index (χ1v) is 9.18. The molecule has 1 aliphatic heterocycles. The van der Waals surface area contributed by atoms with Crippen LogP contribution < -0.4 is 5.32 Å². The lowest BCUT2D eigenvalue weighted by Gasteiger charge is -2.44. The highest BCUT2D eigenvalue weighted by Crippen LogP contribution is 2.21. The Hall–Kier alpha value is -0.170. The van der Waals surface area contributed by atoms with Crippen LogP contribution in [0.4, 0.5) is 0 Å². The third-order valence-corrected chi connectivity index (χ3v) is 5.96. The number of nitrogens with one attached hydrogen (secondary N) is 1. The third kappa shape index (κ3) is 5.31. The van der Waals surface area contributed by atoms with Gasteiger partial charge in [-0.05, 0) is 40.3 Å². The summed E-state index contributed by atoms with van der Waals surface area (Å²) >= 11 is 0. The number of rotatable bonds is 7. The Morgan fingerprint density at radius 1 is 1.20 bits per heavy atom. The molecule has 0 atom stereocenters. The maximum atomic E-state index is 12.4. The van der Waals surface area contributed by atoms with Crippen LogP contribution in [0.2, 0.25) is 0 Å². The Kier molecular flexibility index (Phi) is 6.44. The van der Waals surface area contributed by atoms with Crippen LogP contribution in [0.5, 0.6) is 0 Å². The van der Waals surface area contributed by atoms with Gasteiger partial charge in [-0.25, -0.2) is 8.42 Å². The molecule has 1 aliphatic rings. The number of unbranched alkanes of at least 4 members (excludes halogenated alkanes) is 1. The van der Waals surface area contributed by atoms with E-state index in [1.807, 2.05) is 0 Å². The van der Waals surface area contributed by atoms with Gasteiger partial charge in [-0.15, -0.1) is 0 Å². The fraction of sp³-hybridized carbons (Fsp3) is 1.00. The summed E-state index contributed by atoms with van der Waals surface area (Å²) in [5.41, 5.74) is -0.0789. The van der Waals surface area contributed by atoms with Gasteiger partial charge in [0.1, 0.15) is 0 Å². The second-order valence-electron chi connectivity index (χ2n) is 6.70. The van der Waals surface area contributed by atoms with Crippen molar-refractivity contribution in [1.29, 1.82) is 0 Å². The van der Waals surface area contributed by atoms with E-state index in [2.05, 4.69) is 45.0 Å². The van der Waals surface area contributed by atoms with Crippen molar-refractivity contribution in [3.8, 4) is 0 Å². The minimum Gasteiger partial charge on any atom is -0.315 e. The summed E-state index contributed by atoms with van der Waals surface area (Å²) in [6, 6.07) is 0.463. The summed E-state index contributed by atoms with van der Waals surface area (Å²) in [6.45, 7) is 11.3. The molecule has 1 fully saturated rings. The van der Waals surface area contributed by atoms with E-state index in [0.29, 0.717) is 19.1 Å². The summed E-state index contributed by atoms with van der Waals surface area (Å²) in [5, 5.41) is 3.32. The first-order valence-electron chi connectivity index (χ1n) is 7.57. The molecule has 5 nitrogen and oxygen atoms in total. The van der Waals surface area contributed by atoms with Crippen LogP contribution in [-0.2, 0) is 10.0 Å². The Morgan fingerprint density at radius 2 is 1.85 bits per heavy atom. The average Bonchev–Trinajstić information content (AvgIpc) is 2.31. The molecule has 0 saturated carbocycles. The Labute approximate surface area is 124 Å². The predicted octanol–water partition coefficient (Wildman–Crippen LogP) is 1.12. The van der Waals surface area contributed by atoms with Crippen LogP contribution in [0.15, 0.2) is 0 Å². The van der Waals surface area contributed by atoms with Gasteiger partial charge in [0.25, 0.3) is 0 Å². The number of piperazine rings is 1. The summed E-state index contributed by atoms with van der Waals surface area (Å²) < 4.78 is 26.4. The summed E-state index contributed by atoms with van der Waals surface area (Å²) in [7, 11) is -1.04. The van der Waals surface area contributed by atoms with Crippen molar-refractivity contribution >= 4 is 10.0 Å². The molecule has 1 saturated heterocycles. The minimum atomic E-state index is -3.10. The number of nitrogens with zero attached hydrogens (tertiary/aromatic N) is 2. The second-order valence-corrected chi connectivity index (χ2v) is 8.79. The molecule has 0 aromatic heterocycles. The highest BCUT2D eigenvalue weighted by atomic mass is 32.2. The first-order chi connectivity index (χ1) is 9.15. The molecule has 0 amide bonds.